The SMILES string of the molecule is [AlH3].[Ca+2].[O-2].[SnH2].[Zn]. The summed E-state index contributed by atoms with van der Waals surface area (Å²) < 4.78 is 0. The van der Waals surface area contributed by atoms with Gasteiger partial charge >= 0.3 is 61.6 Å². The van der Waals surface area contributed by atoms with E-state index in [1.807, 2.05) is 0 Å². The zero-order valence-electron chi connectivity index (χ0n) is 2.53. The molecule has 0 aromatic heterocycles. The summed E-state index contributed by atoms with van der Waals surface area (Å²) in [5.41, 5.74) is 0. The van der Waals surface area contributed by atoms with E-state index in [0.29, 0.717) is 0 Å². The number of hydrogen-bond donors (Lipinski definition) is 0. The molecule has 0 bridgehead atoms. The molecular weight excluding hydrogens is 267 g/mol. The fraction of sp³-hybridized carbons (Fsp3) is 0. The first kappa shape index (κ1) is 41.8. The molecule has 1 nitrogen and oxygen atoms in total. The molecule has 0 aromatic carbocycles. The predicted octanol–water partition coefficient (Wildman–Crippen LogP) is -2.60. The van der Waals surface area contributed by atoms with Crippen molar-refractivity contribution in [3.8, 4) is 0 Å². The van der Waals surface area contributed by atoms with E-state index in [1.54, 1.807) is 0 Å². The molecule has 0 rings (SSSR count). The Morgan fingerprint density at radius 2 is 1.00 bits per heavy atom. The van der Waals surface area contributed by atoms with Gasteiger partial charge in [-0.2, -0.15) is 0 Å². The van der Waals surface area contributed by atoms with Crippen LogP contribution in [-0.2, 0) is 25.0 Å². The summed E-state index contributed by atoms with van der Waals surface area (Å²) in [6, 6.07) is 0. The third kappa shape index (κ3) is 19.1. The van der Waals surface area contributed by atoms with Gasteiger partial charge in [0.1, 0.15) is 0 Å². The Labute approximate surface area is 102 Å². The maximum Gasteiger partial charge on any atom is 0 e. The minimum Gasteiger partial charge on any atom is 0 e. The molecule has 0 saturated carbocycles. The van der Waals surface area contributed by atoms with E-state index in [0.717, 1.165) is 0 Å². The van der Waals surface area contributed by atoms with Gasteiger partial charge in [-0.1, -0.05) is 0 Å². The predicted molar refractivity (Wildman–Crippen MR) is 24.9 cm³/mol. The molecule has 0 saturated heterocycles. The van der Waals surface area contributed by atoms with E-state index in [1.165, 1.54) is 0 Å². The molecule has 0 heterocycles. The van der Waals surface area contributed by atoms with Crippen molar-refractivity contribution in [2.75, 3.05) is 0 Å². The first-order chi connectivity index (χ1) is 0. The molecule has 0 aliphatic carbocycles. The summed E-state index contributed by atoms with van der Waals surface area (Å²) in [6.45, 7) is 0. The van der Waals surface area contributed by atoms with Gasteiger partial charge in [-0.05, 0) is 0 Å². The average molecular weight is 272 g/mol. The third-order valence-corrected chi connectivity index (χ3v) is 0. The summed E-state index contributed by atoms with van der Waals surface area (Å²) in [5.74, 6) is 0. The first-order valence-corrected chi connectivity index (χ1v) is 0. The Morgan fingerprint density at radius 3 is 1.00 bits per heavy atom. The van der Waals surface area contributed by atoms with Crippen LogP contribution in [0.5, 0.6) is 0 Å². The van der Waals surface area contributed by atoms with Crippen molar-refractivity contribution in [1.82, 2.24) is 0 Å². The molecule has 5 heavy (non-hydrogen) atoms. The van der Waals surface area contributed by atoms with Crippen molar-refractivity contribution >= 4 is 79.0 Å². The van der Waals surface area contributed by atoms with Crippen LogP contribution in [0.15, 0.2) is 0 Å². The van der Waals surface area contributed by atoms with Gasteiger partial charge in [-0.25, -0.2) is 0 Å². The van der Waals surface area contributed by atoms with Crippen LogP contribution >= 0.6 is 0 Å². The third-order valence-electron chi connectivity index (χ3n) is 0. The summed E-state index contributed by atoms with van der Waals surface area (Å²) >= 11 is 0. The van der Waals surface area contributed by atoms with Crippen molar-refractivity contribution < 1.29 is 25.0 Å². The number of rotatable bonds is 0. The van der Waals surface area contributed by atoms with Gasteiger partial charge in [0.05, 0.1) is 0 Å². The Hall–Kier alpha value is 3.17. The second kappa shape index (κ2) is 27.1. The van der Waals surface area contributed by atoms with Crippen molar-refractivity contribution in [3.05, 3.63) is 0 Å². The topological polar surface area (TPSA) is 28.5 Å². The summed E-state index contributed by atoms with van der Waals surface area (Å²) in [7, 11) is 0. The molecule has 22 valence electrons. The van der Waals surface area contributed by atoms with Gasteiger partial charge in [0.15, 0.2) is 17.4 Å². The minimum atomic E-state index is 0. The van der Waals surface area contributed by atoms with Gasteiger partial charge < -0.3 is 5.48 Å². The van der Waals surface area contributed by atoms with Gasteiger partial charge in [0, 0.05) is 19.5 Å². The summed E-state index contributed by atoms with van der Waals surface area (Å²) in [6.07, 6.45) is 0. The van der Waals surface area contributed by atoms with E-state index in [2.05, 4.69) is 0 Å². The van der Waals surface area contributed by atoms with Crippen LogP contribution in [0.25, 0.3) is 0 Å². The van der Waals surface area contributed by atoms with E-state index in [9.17, 15) is 0 Å². The van der Waals surface area contributed by atoms with Crippen LogP contribution in [0.1, 0.15) is 0 Å². The normalized spacial score (nSPS) is 0. The molecule has 2 radical (unpaired) electrons. The zero-order valence-corrected chi connectivity index (χ0v) is 11.7. The van der Waals surface area contributed by atoms with E-state index in [-0.39, 0.29) is 104 Å². The van der Waals surface area contributed by atoms with Crippen molar-refractivity contribution in [3.63, 3.8) is 0 Å². The standard InChI is InChI=1S/Al.Ca.O.Sn.Zn.5H/q;+2;-2;;;;;;;. The van der Waals surface area contributed by atoms with Gasteiger partial charge in [-0.3, -0.25) is 0 Å². The Morgan fingerprint density at radius 1 is 1.00 bits per heavy atom. The summed E-state index contributed by atoms with van der Waals surface area (Å²) in [4.78, 5) is 0. The Balaban J connectivity index is 0. The van der Waals surface area contributed by atoms with Crippen molar-refractivity contribution in [2.24, 2.45) is 0 Å². The molecule has 5 heteroatoms. The molecule has 0 aromatic rings. The smallest absolute Gasteiger partial charge is 0 e. The fourth-order valence-electron chi connectivity index (χ4n) is 0. The average Bonchev–Trinajstić information content (AvgIpc) is 0. The summed E-state index contributed by atoms with van der Waals surface area (Å²) in [5, 5.41) is 0. The van der Waals surface area contributed by atoms with Crippen LogP contribution < -0.4 is 0 Å². The monoisotopic (exact) mass is 272 g/mol. The van der Waals surface area contributed by atoms with Gasteiger partial charge in [0.2, 0.25) is 0 Å². The van der Waals surface area contributed by atoms with Gasteiger partial charge in [-0.15, -0.1) is 0 Å². The molecule has 0 N–H and O–H groups in total. The first-order valence-electron chi connectivity index (χ1n) is 0. The van der Waals surface area contributed by atoms with Crippen LogP contribution in [0.4, 0.5) is 0 Å². The molecule has 0 aliphatic rings. The van der Waals surface area contributed by atoms with Crippen LogP contribution in [-0.4, -0.2) is 79.0 Å². The van der Waals surface area contributed by atoms with Crippen LogP contribution in [0.3, 0.4) is 0 Å². The minimum absolute atomic E-state index is 0. The molecule has 0 spiro atoms. The van der Waals surface area contributed by atoms with Crippen molar-refractivity contribution in [2.45, 2.75) is 0 Å². The van der Waals surface area contributed by atoms with E-state index in [4.69, 9.17) is 0 Å². The van der Waals surface area contributed by atoms with Gasteiger partial charge in [0.25, 0.3) is 0 Å². The number of hydrogen-bond acceptors (Lipinski definition) is 0. The molecule has 0 aliphatic heterocycles. The maximum atomic E-state index is 0. The second-order valence-corrected chi connectivity index (χ2v) is 0. The second-order valence-electron chi connectivity index (χ2n) is 0. The fourth-order valence-corrected chi connectivity index (χ4v) is 0. The molecule has 0 fully saturated rings. The molecule has 0 atom stereocenters. The Bertz CT molecular complexity index is 11.6. The van der Waals surface area contributed by atoms with Crippen LogP contribution in [0, 0.1) is 0 Å². The quantitative estimate of drug-likeness (QED) is 0.433. The molecule has 0 amide bonds. The zero-order chi connectivity index (χ0) is 0. The Kier molecular flexibility index (Phi) is 227. The van der Waals surface area contributed by atoms with E-state index < -0.39 is 0 Å². The maximum absolute atomic E-state index is 0. The molecule has 0 unspecified atom stereocenters. The largest absolute Gasteiger partial charge is 0 e. The van der Waals surface area contributed by atoms with Crippen molar-refractivity contribution in [1.29, 1.82) is 0 Å². The van der Waals surface area contributed by atoms with Crippen LogP contribution in [0.2, 0.25) is 0 Å². The van der Waals surface area contributed by atoms with E-state index >= 15 is 0 Å². The molecular formula is H5AlCaOSnZn.